The molecule has 0 saturated carbocycles. The average Bonchev–Trinajstić information content (AvgIpc) is 3.02. The molecule has 138 valence electrons. The number of aromatic nitrogens is 2. The molecule has 2 aliphatic rings. The highest BCUT2D eigenvalue weighted by Gasteiger charge is 2.29. The largest absolute Gasteiger partial charge is 0.378 e. The summed E-state index contributed by atoms with van der Waals surface area (Å²) in [5, 5.41) is 4.41. The zero-order valence-corrected chi connectivity index (χ0v) is 15.1. The second-order valence-corrected chi connectivity index (χ2v) is 6.55. The van der Waals surface area contributed by atoms with Crippen LogP contribution in [0.25, 0.3) is 0 Å². The Morgan fingerprint density at radius 2 is 1.64 bits per heavy atom. The highest BCUT2D eigenvalue weighted by molar-refractivity contribution is 5.95. The molecule has 2 aliphatic heterocycles. The molecule has 2 fully saturated rings. The van der Waals surface area contributed by atoms with E-state index in [1.807, 2.05) is 32.5 Å². The smallest absolute Gasteiger partial charge is 0.320 e. The molecular weight excluding hydrogens is 322 g/mol. The summed E-state index contributed by atoms with van der Waals surface area (Å²) < 4.78 is 7.13. The third kappa shape index (κ3) is 3.95. The van der Waals surface area contributed by atoms with E-state index in [-0.39, 0.29) is 11.9 Å². The first-order chi connectivity index (χ1) is 12.1. The van der Waals surface area contributed by atoms with Gasteiger partial charge in [0, 0.05) is 52.0 Å². The summed E-state index contributed by atoms with van der Waals surface area (Å²) in [6.07, 6.45) is 2.82. The van der Waals surface area contributed by atoms with E-state index < -0.39 is 0 Å². The van der Waals surface area contributed by atoms with Crippen molar-refractivity contribution in [1.29, 1.82) is 0 Å². The van der Waals surface area contributed by atoms with E-state index in [9.17, 15) is 9.59 Å². The minimum absolute atomic E-state index is 0.0123. The van der Waals surface area contributed by atoms with Gasteiger partial charge in [-0.05, 0) is 13.3 Å². The maximum absolute atomic E-state index is 12.8. The van der Waals surface area contributed by atoms with Gasteiger partial charge in [0.2, 0.25) is 0 Å². The molecule has 8 nitrogen and oxygen atoms in total. The fraction of sp³-hybridized carbons (Fsp3) is 0.706. The third-order valence-corrected chi connectivity index (χ3v) is 4.75. The van der Waals surface area contributed by atoms with Gasteiger partial charge in [0.1, 0.15) is 0 Å². The first-order valence-corrected chi connectivity index (χ1v) is 9.05. The Hall–Kier alpha value is -2.09. The standard InChI is InChI=1S/C17H27N5O3/c1-3-4-22-13-15(14(2)18-22)16(23)19-5-7-20(8-6-19)17(24)21-9-11-25-12-10-21/h13H,3-12H2,1-2H3. The number of aryl methyl sites for hydroxylation is 2. The molecule has 0 bridgehead atoms. The summed E-state index contributed by atoms with van der Waals surface area (Å²) in [6, 6.07) is 0.0577. The van der Waals surface area contributed by atoms with Gasteiger partial charge in [0.15, 0.2) is 0 Å². The van der Waals surface area contributed by atoms with Gasteiger partial charge < -0.3 is 19.4 Å². The molecule has 3 rings (SSSR count). The van der Waals surface area contributed by atoms with Crippen LogP contribution < -0.4 is 0 Å². The zero-order chi connectivity index (χ0) is 17.8. The molecule has 0 aromatic carbocycles. The third-order valence-electron chi connectivity index (χ3n) is 4.75. The van der Waals surface area contributed by atoms with Crippen LogP contribution >= 0.6 is 0 Å². The van der Waals surface area contributed by atoms with Crippen molar-refractivity contribution < 1.29 is 14.3 Å². The predicted molar refractivity (Wildman–Crippen MR) is 92.5 cm³/mol. The summed E-state index contributed by atoms with van der Waals surface area (Å²) >= 11 is 0. The number of carbonyl (C=O) groups is 2. The molecule has 1 aromatic rings. The summed E-state index contributed by atoms with van der Waals surface area (Å²) in [5.41, 5.74) is 1.44. The maximum atomic E-state index is 12.8. The summed E-state index contributed by atoms with van der Waals surface area (Å²) in [6.45, 7) is 9.55. The fourth-order valence-electron chi connectivity index (χ4n) is 3.30. The van der Waals surface area contributed by atoms with E-state index in [1.165, 1.54) is 0 Å². The molecule has 3 amide bonds. The Kier molecular flexibility index (Phi) is 5.57. The molecule has 0 aliphatic carbocycles. The molecule has 8 heteroatoms. The fourth-order valence-corrected chi connectivity index (χ4v) is 3.30. The van der Waals surface area contributed by atoms with Crippen LogP contribution in [0.1, 0.15) is 29.4 Å². The lowest BCUT2D eigenvalue weighted by molar-refractivity contribution is 0.0362. The molecule has 1 aromatic heterocycles. The van der Waals surface area contributed by atoms with E-state index in [1.54, 1.807) is 0 Å². The average molecular weight is 349 g/mol. The van der Waals surface area contributed by atoms with E-state index in [2.05, 4.69) is 12.0 Å². The molecule has 25 heavy (non-hydrogen) atoms. The summed E-state index contributed by atoms with van der Waals surface area (Å²) in [4.78, 5) is 30.8. The van der Waals surface area contributed by atoms with Gasteiger partial charge in [-0.3, -0.25) is 9.48 Å². The number of rotatable bonds is 3. The van der Waals surface area contributed by atoms with Crippen molar-refractivity contribution in [1.82, 2.24) is 24.5 Å². The minimum atomic E-state index is 0.0123. The van der Waals surface area contributed by atoms with Gasteiger partial charge in [0.25, 0.3) is 5.91 Å². The van der Waals surface area contributed by atoms with Crippen LogP contribution in [0.2, 0.25) is 0 Å². The molecule has 0 spiro atoms. The number of piperazine rings is 1. The zero-order valence-electron chi connectivity index (χ0n) is 15.1. The van der Waals surface area contributed by atoms with Crippen molar-refractivity contribution in [3.63, 3.8) is 0 Å². The van der Waals surface area contributed by atoms with Gasteiger partial charge in [-0.1, -0.05) is 6.92 Å². The Bertz CT molecular complexity index is 616. The van der Waals surface area contributed by atoms with Crippen molar-refractivity contribution in [3.8, 4) is 0 Å². The van der Waals surface area contributed by atoms with Crippen molar-refractivity contribution in [2.75, 3.05) is 52.5 Å². The van der Waals surface area contributed by atoms with Gasteiger partial charge in [0.05, 0.1) is 24.5 Å². The number of ether oxygens (including phenoxy) is 1. The van der Waals surface area contributed by atoms with E-state index in [0.29, 0.717) is 58.0 Å². The van der Waals surface area contributed by atoms with Crippen molar-refractivity contribution in [2.24, 2.45) is 0 Å². The van der Waals surface area contributed by atoms with Gasteiger partial charge in [-0.25, -0.2) is 4.79 Å². The van der Waals surface area contributed by atoms with Crippen LogP contribution in [-0.2, 0) is 11.3 Å². The predicted octanol–water partition coefficient (Wildman–Crippen LogP) is 0.812. The number of hydrogen-bond acceptors (Lipinski definition) is 4. The highest BCUT2D eigenvalue weighted by atomic mass is 16.5. The Morgan fingerprint density at radius 1 is 1.04 bits per heavy atom. The topological polar surface area (TPSA) is 70.9 Å². The maximum Gasteiger partial charge on any atom is 0.320 e. The van der Waals surface area contributed by atoms with E-state index in [4.69, 9.17) is 4.74 Å². The summed E-state index contributed by atoms with van der Waals surface area (Å²) in [5.74, 6) is 0.0123. The number of morpholine rings is 1. The molecule has 3 heterocycles. The molecule has 0 unspecified atom stereocenters. The molecule has 2 saturated heterocycles. The number of amides is 3. The first kappa shape index (κ1) is 17.7. The lowest BCUT2D eigenvalue weighted by Crippen LogP contribution is -2.55. The van der Waals surface area contributed by atoms with Gasteiger partial charge >= 0.3 is 6.03 Å². The van der Waals surface area contributed by atoms with Crippen molar-refractivity contribution in [3.05, 3.63) is 17.5 Å². The highest BCUT2D eigenvalue weighted by Crippen LogP contribution is 2.14. The van der Waals surface area contributed by atoms with Crippen LogP contribution in [0.5, 0.6) is 0 Å². The molecule has 0 atom stereocenters. The number of urea groups is 1. The van der Waals surface area contributed by atoms with Gasteiger partial charge in [-0.15, -0.1) is 0 Å². The Labute approximate surface area is 148 Å². The van der Waals surface area contributed by atoms with Gasteiger partial charge in [-0.2, -0.15) is 5.10 Å². The van der Waals surface area contributed by atoms with Crippen molar-refractivity contribution >= 4 is 11.9 Å². The first-order valence-electron chi connectivity index (χ1n) is 9.05. The SMILES string of the molecule is CCCn1cc(C(=O)N2CCN(C(=O)N3CCOCC3)CC2)c(C)n1. The van der Waals surface area contributed by atoms with Crippen LogP contribution in [0.3, 0.4) is 0 Å². The number of nitrogens with zero attached hydrogens (tertiary/aromatic N) is 5. The number of carbonyl (C=O) groups excluding carboxylic acids is 2. The lowest BCUT2D eigenvalue weighted by atomic mass is 10.2. The molecule has 0 N–H and O–H groups in total. The quantitative estimate of drug-likeness (QED) is 0.810. The molecular formula is C17H27N5O3. The normalized spacial score (nSPS) is 18.6. The lowest BCUT2D eigenvalue weighted by Gasteiger charge is -2.38. The Balaban J connectivity index is 1.56. The van der Waals surface area contributed by atoms with Crippen LogP contribution in [0, 0.1) is 6.92 Å². The van der Waals surface area contributed by atoms with E-state index in [0.717, 1.165) is 18.7 Å². The van der Waals surface area contributed by atoms with Crippen molar-refractivity contribution in [2.45, 2.75) is 26.8 Å². The van der Waals surface area contributed by atoms with Crippen LogP contribution in [0.15, 0.2) is 6.20 Å². The molecule has 0 radical (unpaired) electrons. The van der Waals surface area contributed by atoms with E-state index >= 15 is 0 Å². The second kappa shape index (κ2) is 7.86. The monoisotopic (exact) mass is 349 g/mol. The number of hydrogen-bond donors (Lipinski definition) is 0. The van der Waals surface area contributed by atoms with Crippen LogP contribution in [0.4, 0.5) is 4.79 Å². The second-order valence-electron chi connectivity index (χ2n) is 6.55. The summed E-state index contributed by atoms with van der Waals surface area (Å²) in [7, 11) is 0. The van der Waals surface area contributed by atoms with Crippen LogP contribution in [-0.4, -0.2) is 88.9 Å². The minimum Gasteiger partial charge on any atom is -0.378 e. The Morgan fingerprint density at radius 3 is 2.28 bits per heavy atom.